The molecule has 2 rings (SSSR count). The molecule has 5 heteroatoms. The molecule has 1 amide bonds. The molecule has 0 spiro atoms. The van der Waals surface area contributed by atoms with Crippen LogP contribution in [0.15, 0.2) is 67.4 Å². The van der Waals surface area contributed by atoms with Crippen LogP contribution < -0.4 is 10.6 Å². The number of unbranched alkanes of at least 4 members (excludes halogenated alkanes) is 1. The summed E-state index contributed by atoms with van der Waals surface area (Å²) in [7, 11) is 0. The van der Waals surface area contributed by atoms with Gasteiger partial charge in [-0.25, -0.2) is 4.39 Å². The van der Waals surface area contributed by atoms with Gasteiger partial charge in [0.15, 0.2) is 0 Å². The van der Waals surface area contributed by atoms with Gasteiger partial charge < -0.3 is 10.2 Å². The molecule has 0 radical (unpaired) electrons. The Morgan fingerprint density at radius 1 is 1.10 bits per heavy atom. The molecule has 30 heavy (non-hydrogen) atoms. The summed E-state index contributed by atoms with van der Waals surface area (Å²) in [6, 6.07) is 16.9. The Morgan fingerprint density at radius 2 is 1.83 bits per heavy atom. The lowest BCUT2D eigenvalue weighted by atomic mass is 10.1. The lowest BCUT2D eigenvalue weighted by Crippen LogP contribution is -2.49. The van der Waals surface area contributed by atoms with Crippen molar-refractivity contribution < 1.29 is 9.18 Å². The van der Waals surface area contributed by atoms with Crippen molar-refractivity contribution in [1.82, 2.24) is 15.5 Å². The van der Waals surface area contributed by atoms with E-state index in [1.54, 1.807) is 18.3 Å². The molecule has 0 aromatic heterocycles. The lowest BCUT2D eigenvalue weighted by Gasteiger charge is -2.29. The maximum absolute atomic E-state index is 13.1. The summed E-state index contributed by atoms with van der Waals surface area (Å²) in [5.41, 5.74) is 2.32. The van der Waals surface area contributed by atoms with Gasteiger partial charge >= 0.3 is 0 Å². The Kier molecular flexibility index (Phi) is 10.7. The summed E-state index contributed by atoms with van der Waals surface area (Å²) in [4.78, 5) is 14.6. The molecule has 0 aliphatic heterocycles. The predicted molar refractivity (Wildman–Crippen MR) is 121 cm³/mol. The van der Waals surface area contributed by atoms with Crippen LogP contribution in [0.5, 0.6) is 0 Å². The third-order valence-electron chi connectivity index (χ3n) is 4.99. The molecule has 0 aliphatic rings. The van der Waals surface area contributed by atoms with Gasteiger partial charge in [-0.2, -0.15) is 0 Å². The highest BCUT2D eigenvalue weighted by Crippen LogP contribution is 2.08. The normalized spacial score (nSPS) is 11.7. The number of halogens is 1. The van der Waals surface area contributed by atoms with Crippen LogP contribution in [-0.2, 0) is 17.8 Å². The van der Waals surface area contributed by atoms with Crippen LogP contribution >= 0.6 is 0 Å². The second-order valence-corrected chi connectivity index (χ2v) is 7.46. The Labute approximate surface area is 180 Å². The molecule has 2 aromatic carbocycles. The van der Waals surface area contributed by atoms with Crippen LogP contribution in [0.4, 0.5) is 4.39 Å². The van der Waals surface area contributed by atoms with Crippen molar-refractivity contribution >= 4 is 5.91 Å². The summed E-state index contributed by atoms with van der Waals surface area (Å²) in [5.74, 6) is -0.0667. The number of nitrogens with one attached hydrogen (secondary N) is 2. The van der Waals surface area contributed by atoms with E-state index >= 15 is 0 Å². The first-order chi connectivity index (χ1) is 14.6. The van der Waals surface area contributed by atoms with Crippen molar-refractivity contribution in [3.05, 3.63) is 84.3 Å². The zero-order chi connectivity index (χ0) is 21.6. The Balaban J connectivity index is 1.88. The minimum atomic E-state index is -0.244. The molecule has 0 saturated heterocycles. The van der Waals surface area contributed by atoms with E-state index in [1.165, 1.54) is 17.7 Å². The van der Waals surface area contributed by atoms with Crippen molar-refractivity contribution in [3.8, 4) is 0 Å². The van der Waals surface area contributed by atoms with E-state index in [-0.39, 0.29) is 17.9 Å². The lowest BCUT2D eigenvalue weighted by molar-refractivity contribution is -0.131. The van der Waals surface area contributed by atoms with Crippen molar-refractivity contribution in [1.29, 1.82) is 0 Å². The monoisotopic (exact) mass is 411 g/mol. The number of hydrogen-bond acceptors (Lipinski definition) is 3. The van der Waals surface area contributed by atoms with Crippen molar-refractivity contribution in [2.24, 2.45) is 0 Å². The standard InChI is InChI=1S/C25H34FN3O/c1-3-10-25(30)29(18-9-8-13-21-11-6-5-7-12-21)20-24(27-4-2)28-19-22-14-16-23(26)17-15-22/h4-7,11-12,14-17,24,27-28H,2-3,8-10,13,18-20H2,1H3. The highest BCUT2D eigenvalue weighted by Gasteiger charge is 2.17. The van der Waals surface area contributed by atoms with Crippen LogP contribution in [0.2, 0.25) is 0 Å². The molecule has 0 saturated carbocycles. The number of benzene rings is 2. The van der Waals surface area contributed by atoms with E-state index in [1.807, 2.05) is 17.9 Å². The van der Waals surface area contributed by atoms with Gasteiger partial charge in [0.25, 0.3) is 0 Å². The van der Waals surface area contributed by atoms with Crippen LogP contribution in [0, 0.1) is 5.82 Å². The Bertz CT molecular complexity index is 749. The molecule has 2 aromatic rings. The first-order valence-corrected chi connectivity index (χ1v) is 10.8. The third-order valence-corrected chi connectivity index (χ3v) is 4.99. The summed E-state index contributed by atoms with van der Waals surface area (Å²) < 4.78 is 13.1. The maximum Gasteiger partial charge on any atom is 0.222 e. The van der Waals surface area contributed by atoms with E-state index in [4.69, 9.17) is 0 Å². The summed E-state index contributed by atoms with van der Waals surface area (Å²) in [6.45, 7) is 7.65. The number of rotatable bonds is 14. The molecule has 2 N–H and O–H groups in total. The fourth-order valence-electron chi connectivity index (χ4n) is 3.35. The van der Waals surface area contributed by atoms with Crippen LogP contribution in [-0.4, -0.2) is 30.1 Å². The van der Waals surface area contributed by atoms with Gasteiger partial charge in [0, 0.05) is 19.5 Å². The topological polar surface area (TPSA) is 44.4 Å². The predicted octanol–water partition coefficient (Wildman–Crippen LogP) is 4.63. The van der Waals surface area contributed by atoms with Gasteiger partial charge in [-0.3, -0.25) is 10.1 Å². The Hall–Kier alpha value is -2.66. The van der Waals surface area contributed by atoms with Crippen molar-refractivity contribution in [3.63, 3.8) is 0 Å². The van der Waals surface area contributed by atoms with E-state index in [9.17, 15) is 9.18 Å². The maximum atomic E-state index is 13.1. The van der Waals surface area contributed by atoms with E-state index in [2.05, 4.69) is 41.5 Å². The number of carbonyl (C=O) groups excluding carboxylic acids is 1. The first kappa shape index (κ1) is 23.6. The van der Waals surface area contributed by atoms with Gasteiger partial charge in [0.2, 0.25) is 5.91 Å². The molecule has 0 heterocycles. The molecule has 1 unspecified atom stereocenters. The van der Waals surface area contributed by atoms with Crippen LogP contribution in [0.25, 0.3) is 0 Å². The number of aryl methyl sites for hydroxylation is 1. The quantitative estimate of drug-likeness (QED) is 0.352. The largest absolute Gasteiger partial charge is 0.375 e. The molecule has 0 aliphatic carbocycles. The van der Waals surface area contributed by atoms with Gasteiger partial charge in [-0.1, -0.05) is 56.0 Å². The first-order valence-electron chi connectivity index (χ1n) is 10.8. The van der Waals surface area contributed by atoms with Gasteiger partial charge in [-0.15, -0.1) is 0 Å². The number of hydrogen-bond donors (Lipinski definition) is 2. The zero-order valence-electron chi connectivity index (χ0n) is 17.9. The van der Waals surface area contributed by atoms with Crippen molar-refractivity contribution in [2.45, 2.75) is 51.7 Å². The fourth-order valence-corrected chi connectivity index (χ4v) is 3.35. The molecule has 0 bridgehead atoms. The number of carbonyl (C=O) groups is 1. The smallest absolute Gasteiger partial charge is 0.222 e. The average Bonchev–Trinajstić information content (AvgIpc) is 2.76. The van der Waals surface area contributed by atoms with Crippen LogP contribution in [0.3, 0.4) is 0 Å². The molecule has 0 fully saturated rings. The molecular formula is C25H34FN3O. The Morgan fingerprint density at radius 3 is 2.50 bits per heavy atom. The summed E-state index contributed by atoms with van der Waals surface area (Å²) in [5, 5.41) is 6.59. The SMILES string of the molecule is C=CNC(CN(CCCCc1ccccc1)C(=O)CCC)NCc1ccc(F)cc1. The molecule has 162 valence electrons. The second-order valence-electron chi connectivity index (χ2n) is 7.46. The van der Waals surface area contributed by atoms with Crippen LogP contribution in [0.1, 0.15) is 43.7 Å². The van der Waals surface area contributed by atoms with Gasteiger partial charge in [0.1, 0.15) is 5.82 Å². The zero-order valence-corrected chi connectivity index (χ0v) is 17.9. The molecule has 4 nitrogen and oxygen atoms in total. The minimum absolute atomic E-state index is 0.123. The molecule has 1 atom stereocenters. The fraction of sp³-hybridized carbons (Fsp3) is 0.400. The molecular weight excluding hydrogens is 377 g/mol. The highest BCUT2D eigenvalue weighted by molar-refractivity contribution is 5.76. The van der Waals surface area contributed by atoms with E-state index in [0.717, 1.165) is 37.8 Å². The minimum Gasteiger partial charge on any atom is -0.375 e. The second kappa shape index (κ2) is 13.5. The van der Waals surface area contributed by atoms with E-state index in [0.29, 0.717) is 19.5 Å². The summed E-state index contributed by atoms with van der Waals surface area (Å²) >= 11 is 0. The summed E-state index contributed by atoms with van der Waals surface area (Å²) in [6.07, 6.45) is 5.93. The van der Waals surface area contributed by atoms with Crippen molar-refractivity contribution in [2.75, 3.05) is 13.1 Å². The number of nitrogens with zero attached hydrogens (tertiary/aromatic N) is 1. The highest BCUT2D eigenvalue weighted by atomic mass is 19.1. The van der Waals surface area contributed by atoms with E-state index < -0.39 is 0 Å². The van der Waals surface area contributed by atoms with Gasteiger partial charge in [-0.05, 0) is 55.1 Å². The average molecular weight is 412 g/mol. The number of amides is 1. The third kappa shape index (κ3) is 8.78. The van der Waals surface area contributed by atoms with Gasteiger partial charge in [0.05, 0.1) is 12.7 Å².